The number of carboxylic acid groups (broad SMARTS) is 1. The van der Waals surface area contributed by atoms with Crippen molar-refractivity contribution in [3.8, 4) is 0 Å². The van der Waals surface area contributed by atoms with Gasteiger partial charge in [0.05, 0.1) is 5.41 Å². The molecule has 0 aliphatic heterocycles. The van der Waals surface area contributed by atoms with E-state index in [4.69, 9.17) is 0 Å². The van der Waals surface area contributed by atoms with Gasteiger partial charge in [0.1, 0.15) is 0 Å². The normalized spacial score (nSPS) is 54.8. The average Bonchev–Trinajstić information content (AvgIpc) is 2.97. The van der Waals surface area contributed by atoms with Crippen LogP contribution in [0.5, 0.6) is 0 Å². The molecule has 0 spiro atoms. The quantitative estimate of drug-likeness (QED) is 0.727. The predicted octanol–water partition coefficient (Wildman–Crippen LogP) is 4.63. The van der Waals surface area contributed by atoms with Crippen molar-refractivity contribution < 1.29 is 14.7 Å². The Kier molecular flexibility index (Phi) is 3.87. The number of amides is 1. The first kappa shape index (κ1) is 18.7. The van der Waals surface area contributed by atoms with E-state index in [-0.39, 0.29) is 17.2 Å². The number of carbonyl (C=O) groups excluding carboxylic acids is 1. The van der Waals surface area contributed by atoms with Crippen molar-refractivity contribution in [2.24, 2.45) is 51.8 Å². The molecule has 9 unspecified atom stereocenters. The summed E-state index contributed by atoms with van der Waals surface area (Å²) in [6.45, 7) is 0. The predicted molar refractivity (Wildman–Crippen MR) is 110 cm³/mol. The minimum absolute atomic E-state index is 0.209. The molecule has 6 bridgehead atoms. The van der Waals surface area contributed by atoms with Crippen molar-refractivity contribution >= 4 is 11.9 Å². The summed E-state index contributed by atoms with van der Waals surface area (Å²) in [5.41, 5.74) is 0.241. The van der Waals surface area contributed by atoms with Gasteiger partial charge in [0.15, 0.2) is 0 Å². The Hall–Kier alpha value is -1.06. The van der Waals surface area contributed by atoms with E-state index in [1.807, 2.05) is 0 Å². The molecule has 0 aromatic rings. The van der Waals surface area contributed by atoms with Gasteiger partial charge in [0.25, 0.3) is 0 Å². The fourth-order valence-electron chi connectivity index (χ4n) is 10.5. The standard InChI is InChI=1S/C25H37NO3/c1-26-21(27)17-5-16-6-18-11-23(10-16,12-19(18)8-17)24-9-15-3-2-4-25(14-24,22(28)29)20(7-15)13-24/h15-20H,2-14H2,1H3,(H,26,27)(H,28,29). The van der Waals surface area contributed by atoms with Gasteiger partial charge in [0, 0.05) is 13.0 Å². The lowest BCUT2D eigenvalue weighted by Crippen LogP contribution is -2.46. The number of aliphatic carboxylic acids is 1. The van der Waals surface area contributed by atoms with Crippen LogP contribution >= 0.6 is 0 Å². The van der Waals surface area contributed by atoms with Crippen LogP contribution in [0.15, 0.2) is 0 Å². The molecule has 2 N–H and O–H groups in total. The van der Waals surface area contributed by atoms with Gasteiger partial charge in [0.2, 0.25) is 5.91 Å². The Labute approximate surface area is 174 Å². The Morgan fingerprint density at radius 3 is 2.41 bits per heavy atom. The van der Waals surface area contributed by atoms with E-state index in [0.717, 1.165) is 43.9 Å². The molecule has 0 aromatic heterocycles. The van der Waals surface area contributed by atoms with Gasteiger partial charge < -0.3 is 10.4 Å². The summed E-state index contributed by atoms with van der Waals surface area (Å²) in [5.74, 6) is 3.35. The van der Waals surface area contributed by atoms with Gasteiger partial charge in [-0.25, -0.2) is 0 Å². The zero-order valence-electron chi connectivity index (χ0n) is 17.9. The molecular formula is C25H37NO3. The van der Waals surface area contributed by atoms with Crippen LogP contribution in [0.3, 0.4) is 0 Å². The number of hydrogen-bond acceptors (Lipinski definition) is 2. The molecule has 0 radical (unpaired) electrons. The third-order valence-corrected chi connectivity index (χ3v) is 11.3. The van der Waals surface area contributed by atoms with E-state index in [2.05, 4.69) is 5.32 Å². The minimum Gasteiger partial charge on any atom is -0.481 e. The third-order valence-electron chi connectivity index (χ3n) is 11.3. The number of rotatable bonds is 3. The summed E-state index contributed by atoms with van der Waals surface area (Å²) in [6, 6.07) is 0. The molecular weight excluding hydrogens is 362 g/mol. The second-order valence-corrected chi connectivity index (χ2v) is 12.3. The largest absolute Gasteiger partial charge is 0.481 e. The van der Waals surface area contributed by atoms with Crippen molar-refractivity contribution in [3.05, 3.63) is 0 Å². The van der Waals surface area contributed by atoms with Crippen LogP contribution in [-0.2, 0) is 9.59 Å². The summed E-state index contributed by atoms with van der Waals surface area (Å²) in [6.07, 6.45) is 15.4. The Balaban J connectivity index is 1.37. The first-order chi connectivity index (χ1) is 13.9. The molecule has 1 amide bonds. The van der Waals surface area contributed by atoms with Gasteiger partial charge in [-0.2, -0.15) is 0 Å². The Morgan fingerprint density at radius 1 is 0.897 bits per heavy atom. The number of nitrogens with one attached hydrogen (secondary N) is 1. The molecule has 6 fully saturated rings. The molecule has 4 nitrogen and oxygen atoms in total. The average molecular weight is 400 g/mol. The fraction of sp³-hybridized carbons (Fsp3) is 0.920. The lowest BCUT2D eigenvalue weighted by molar-refractivity contribution is -0.152. The maximum atomic E-state index is 12.6. The molecule has 6 rings (SSSR count). The van der Waals surface area contributed by atoms with Crippen LogP contribution in [0.1, 0.15) is 83.5 Å². The van der Waals surface area contributed by atoms with Crippen molar-refractivity contribution in [2.45, 2.75) is 83.5 Å². The third kappa shape index (κ3) is 2.38. The molecule has 6 aliphatic carbocycles. The molecule has 0 heterocycles. The zero-order chi connectivity index (χ0) is 20.0. The van der Waals surface area contributed by atoms with E-state index < -0.39 is 11.4 Å². The molecule has 160 valence electrons. The minimum atomic E-state index is -0.478. The monoisotopic (exact) mass is 399 g/mol. The number of carboxylic acids is 1. The summed E-state index contributed by atoms with van der Waals surface area (Å²) >= 11 is 0. The van der Waals surface area contributed by atoms with Crippen molar-refractivity contribution in [2.75, 3.05) is 7.05 Å². The highest BCUT2D eigenvalue weighted by molar-refractivity contribution is 5.78. The van der Waals surface area contributed by atoms with Gasteiger partial charge in [-0.05, 0) is 111 Å². The van der Waals surface area contributed by atoms with Gasteiger partial charge >= 0.3 is 5.97 Å². The second-order valence-electron chi connectivity index (χ2n) is 12.3. The first-order valence-electron chi connectivity index (χ1n) is 12.3. The van der Waals surface area contributed by atoms with Crippen LogP contribution < -0.4 is 5.32 Å². The second kappa shape index (κ2) is 6.01. The molecule has 9 atom stereocenters. The summed E-state index contributed by atoms with van der Waals surface area (Å²) < 4.78 is 0. The highest BCUT2D eigenvalue weighted by Gasteiger charge is 2.71. The smallest absolute Gasteiger partial charge is 0.309 e. The molecule has 29 heavy (non-hydrogen) atoms. The number of hydrogen-bond donors (Lipinski definition) is 2. The van der Waals surface area contributed by atoms with Crippen LogP contribution in [0.4, 0.5) is 0 Å². The van der Waals surface area contributed by atoms with E-state index in [0.29, 0.717) is 23.2 Å². The van der Waals surface area contributed by atoms with Crippen LogP contribution in [0.2, 0.25) is 0 Å². The number of fused-ring (bicyclic) bond motifs is 5. The molecule has 0 aromatic carbocycles. The molecule has 0 saturated heterocycles. The van der Waals surface area contributed by atoms with Gasteiger partial charge in [-0.1, -0.05) is 12.8 Å². The van der Waals surface area contributed by atoms with E-state index in [1.165, 1.54) is 51.4 Å². The zero-order valence-corrected chi connectivity index (χ0v) is 17.9. The van der Waals surface area contributed by atoms with Crippen molar-refractivity contribution in [3.63, 3.8) is 0 Å². The van der Waals surface area contributed by atoms with E-state index in [1.54, 1.807) is 7.05 Å². The maximum Gasteiger partial charge on any atom is 0.309 e. The molecule has 6 aliphatic rings. The lowest BCUT2D eigenvalue weighted by Gasteiger charge is -2.55. The van der Waals surface area contributed by atoms with E-state index >= 15 is 0 Å². The van der Waals surface area contributed by atoms with Crippen molar-refractivity contribution in [1.29, 1.82) is 0 Å². The highest BCUT2D eigenvalue weighted by Crippen LogP contribution is 2.77. The summed E-state index contributed by atoms with van der Waals surface area (Å²) in [5, 5.41) is 13.3. The van der Waals surface area contributed by atoms with Crippen molar-refractivity contribution in [1.82, 2.24) is 5.32 Å². The summed E-state index contributed by atoms with van der Waals surface area (Å²) in [7, 11) is 1.79. The highest BCUT2D eigenvalue weighted by atomic mass is 16.4. The van der Waals surface area contributed by atoms with E-state index in [9.17, 15) is 14.7 Å². The van der Waals surface area contributed by atoms with Crippen LogP contribution in [-0.4, -0.2) is 24.0 Å². The van der Waals surface area contributed by atoms with Crippen LogP contribution in [0.25, 0.3) is 0 Å². The topological polar surface area (TPSA) is 66.4 Å². The maximum absolute atomic E-state index is 12.6. The SMILES string of the molecule is CNC(=O)C1CC2CC3CC(C45CC6CCCC(C(=O)O)(C4)C(C6)C5)(C2)CC3C1. The van der Waals surface area contributed by atoms with Crippen LogP contribution in [0, 0.1) is 51.8 Å². The Bertz CT molecular complexity index is 746. The summed E-state index contributed by atoms with van der Waals surface area (Å²) in [4.78, 5) is 25.1. The first-order valence-corrected chi connectivity index (χ1v) is 12.3. The molecule has 6 saturated carbocycles. The van der Waals surface area contributed by atoms with Gasteiger partial charge in [-0.15, -0.1) is 0 Å². The molecule has 4 heteroatoms. The number of carbonyl (C=O) groups is 2. The Morgan fingerprint density at radius 2 is 1.66 bits per heavy atom. The fourth-order valence-corrected chi connectivity index (χ4v) is 10.5. The van der Waals surface area contributed by atoms with Gasteiger partial charge in [-0.3, -0.25) is 9.59 Å². The lowest BCUT2D eigenvalue weighted by atomic mass is 9.50.